The van der Waals surface area contributed by atoms with E-state index in [2.05, 4.69) is 5.32 Å². The van der Waals surface area contributed by atoms with E-state index >= 15 is 0 Å². The summed E-state index contributed by atoms with van der Waals surface area (Å²) in [7, 11) is 1.54. The summed E-state index contributed by atoms with van der Waals surface area (Å²) in [6.45, 7) is 0. The van der Waals surface area contributed by atoms with Crippen molar-refractivity contribution in [1.29, 1.82) is 5.41 Å². The van der Waals surface area contributed by atoms with Gasteiger partial charge in [-0.25, -0.2) is 0 Å². The standard InChI is InChI=1S/C9H11N3O/c1-12-9(13)7-4-2-3-6(5-10)8(7)11/h2-5,10H,11H2,1H3,(H,12,13). The van der Waals surface area contributed by atoms with Gasteiger partial charge >= 0.3 is 0 Å². The lowest BCUT2D eigenvalue weighted by atomic mass is 10.1. The first kappa shape index (κ1) is 9.25. The molecule has 13 heavy (non-hydrogen) atoms. The molecule has 0 spiro atoms. The first-order valence-corrected chi connectivity index (χ1v) is 3.81. The average molecular weight is 177 g/mol. The van der Waals surface area contributed by atoms with Crippen LogP contribution >= 0.6 is 0 Å². The number of nitrogens with one attached hydrogen (secondary N) is 2. The minimum atomic E-state index is -0.235. The van der Waals surface area contributed by atoms with Crippen LogP contribution in [0.5, 0.6) is 0 Å². The summed E-state index contributed by atoms with van der Waals surface area (Å²) in [6, 6.07) is 5.01. The molecule has 4 nitrogen and oxygen atoms in total. The van der Waals surface area contributed by atoms with Crippen molar-refractivity contribution in [2.24, 2.45) is 0 Å². The summed E-state index contributed by atoms with van der Waals surface area (Å²) in [6.07, 6.45) is 1.13. The Morgan fingerprint density at radius 1 is 1.62 bits per heavy atom. The number of rotatable bonds is 2. The summed E-state index contributed by atoms with van der Waals surface area (Å²) in [4.78, 5) is 11.2. The van der Waals surface area contributed by atoms with Crippen molar-refractivity contribution < 1.29 is 4.79 Å². The van der Waals surface area contributed by atoms with Crippen molar-refractivity contribution in [3.63, 3.8) is 0 Å². The summed E-state index contributed by atoms with van der Waals surface area (Å²) in [5.41, 5.74) is 6.97. The molecule has 68 valence electrons. The highest BCUT2D eigenvalue weighted by molar-refractivity contribution is 6.02. The molecule has 1 aromatic carbocycles. The molecule has 4 heteroatoms. The highest BCUT2D eigenvalue weighted by atomic mass is 16.1. The maximum absolute atomic E-state index is 11.2. The Balaban J connectivity index is 3.23. The minimum absolute atomic E-state index is 0.235. The van der Waals surface area contributed by atoms with Crippen LogP contribution in [0.2, 0.25) is 0 Å². The van der Waals surface area contributed by atoms with E-state index in [1.54, 1.807) is 25.2 Å². The van der Waals surface area contributed by atoms with Gasteiger partial charge in [-0.2, -0.15) is 0 Å². The molecule has 0 unspecified atom stereocenters. The highest BCUT2D eigenvalue weighted by Crippen LogP contribution is 2.15. The molecule has 0 aliphatic rings. The second-order valence-electron chi connectivity index (χ2n) is 2.53. The van der Waals surface area contributed by atoms with E-state index in [-0.39, 0.29) is 5.91 Å². The zero-order valence-corrected chi connectivity index (χ0v) is 7.29. The summed E-state index contributed by atoms with van der Waals surface area (Å²) >= 11 is 0. The molecule has 0 saturated heterocycles. The van der Waals surface area contributed by atoms with Crippen LogP contribution < -0.4 is 11.1 Å². The number of benzene rings is 1. The van der Waals surface area contributed by atoms with E-state index in [9.17, 15) is 4.79 Å². The largest absolute Gasteiger partial charge is 0.398 e. The maximum atomic E-state index is 11.2. The van der Waals surface area contributed by atoms with Crippen LogP contribution in [0.15, 0.2) is 18.2 Å². The number of carbonyl (C=O) groups excluding carboxylic acids is 1. The molecule has 0 aliphatic carbocycles. The van der Waals surface area contributed by atoms with Gasteiger partial charge in [-0.3, -0.25) is 4.79 Å². The number of nitrogens with two attached hydrogens (primary N) is 1. The van der Waals surface area contributed by atoms with Crippen molar-refractivity contribution in [3.05, 3.63) is 29.3 Å². The predicted octanol–water partition coefficient (Wildman–Crippen LogP) is 0.626. The van der Waals surface area contributed by atoms with E-state index in [0.29, 0.717) is 16.8 Å². The van der Waals surface area contributed by atoms with Crippen LogP contribution in [0.4, 0.5) is 5.69 Å². The second-order valence-corrected chi connectivity index (χ2v) is 2.53. The van der Waals surface area contributed by atoms with Crippen molar-refractivity contribution in [3.8, 4) is 0 Å². The first-order valence-electron chi connectivity index (χ1n) is 3.81. The average Bonchev–Trinajstić information content (AvgIpc) is 2.17. The number of amides is 1. The molecule has 1 amide bonds. The predicted molar refractivity (Wildman–Crippen MR) is 52.1 cm³/mol. The van der Waals surface area contributed by atoms with Crippen LogP contribution in [-0.2, 0) is 0 Å². The molecule has 4 N–H and O–H groups in total. The zero-order valence-electron chi connectivity index (χ0n) is 7.29. The van der Waals surface area contributed by atoms with Gasteiger partial charge in [0.25, 0.3) is 5.91 Å². The van der Waals surface area contributed by atoms with Crippen molar-refractivity contribution in [2.45, 2.75) is 0 Å². The number of nitrogen functional groups attached to an aromatic ring is 1. The number of hydrogen-bond acceptors (Lipinski definition) is 3. The third-order valence-corrected chi connectivity index (χ3v) is 1.77. The molecule has 1 rings (SSSR count). The van der Waals surface area contributed by atoms with Crippen LogP contribution in [0, 0.1) is 5.41 Å². The van der Waals surface area contributed by atoms with Crippen LogP contribution in [0.25, 0.3) is 0 Å². The van der Waals surface area contributed by atoms with Gasteiger partial charge < -0.3 is 16.5 Å². The quantitative estimate of drug-likeness (QED) is 0.457. The fraction of sp³-hybridized carbons (Fsp3) is 0.111. The van der Waals surface area contributed by atoms with E-state index in [4.69, 9.17) is 11.1 Å². The van der Waals surface area contributed by atoms with Crippen LogP contribution in [0.3, 0.4) is 0 Å². The molecule has 0 heterocycles. The first-order chi connectivity index (χ1) is 6.20. The Hall–Kier alpha value is -1.84. The van der Waals surface area contributed by atoms with Gasteiger partial charge in [-0.1, -0.05) is 12.1 Å². The van der Waals surface area contributed by atoms with Gasteiger partial charge in [0.05, 0.1) is 11.3 Å². The lowest BCUT2D eigenvalue weighted by Gasteiger charge is -2.05. The number of para-hydroxylation sites is 1. The monoisotopic (exact) mass is 177 g/mol. The molecular formula is C9H11N3O. The smallest absolute Gasteiger partial charge is 0.253 e. The Labute approximate surface area is 76.3 Å². The molecule has 0 aliphatic heterocycles. The Kier molecular flexibility index (Phi) is 2.64. The fourth-order valence-corrected chi connectivity index (χ4v) is 1.04. The maximum Gasteiger partial charge on any atom is 0.253 e. The normalized spacial score (nSPS) is 9.31. The zero-order chi connectivity index (χ0) is 9.84. The third kappa shape index (κ3) is 1.66. The molecule has 0 fully saturated rings. The van der Waals surface area contributed by atoms with Gasteiger partial charge in [-0.05, 0) is 6.07 Å². The van der Waals surface area contributed by atoms with Gasteiger partial charge in [0, 0.05) is 18.8 Å². The van der Waals surface area contributed by atoms with Crippen molar-refractivity contribution >= 4 is 17.8 Å². The summed E-state index contributed by atoms with van der Waals surface area (Å²) in [5.74, 6) is -0.235. The van der Waals surface area contributed by atoms with Crippen molar-refractivity contribution in [1.82, 2.24) is 5.32 Å². The fourth-order valence-electron chi connectivity index (χ4n) is 1.04. The molecule has 1 aromatic rings. The number of anilines is 1. The molecule has 0 bridgehead atoms. The van der Waals surface area contributed by atoms with Gasteiger partial charge in [0.2, 0.25) is 0 Å². The highest BCUT2D eigenvalue weighted by Gasteiger charge is 2.08. The molecule has 0 atom stereocenters. The van der Waals surface area contributed by atoms with Crippen LogP contribution in [-0.4, -0.2) is 19.2 Å². The molecule has 0 aromatic heterocycles. The molecular weight excluding hydrogens is 166 g/mol. The van der Waals surface area contributed by atoms with Crippen molar-refractivity contribution in [2.75, 3.05) is 12.8 Å². The number of carbonyl (C=O) groups is 1. The van der Waals surface area contributed by atoms with Gasteiger partial charge in [-0.15, -0.1) is 0 Å². The second kappa shape index (κ2) is 3.71. The minimum Gasteiger partial charge on any atom is -0.398 e. The van der Waals surface area contributed by atoms with Crippen LogP contribution in [0.1, 0.15) is 15.9 Å². The topological polar surface area (TPSA) is 79.0 Å². The third-order valence-electron chi connectivity index (χ3n) is 1.77. The lowest BCUT2D eigenvalue weighted by Crippen LogP contribution is -2.19. The molecule has 0 saturated carbocycles. The number of hydrogen-bond donors (Lipinski definition) is 3. The van der Waals surface area contributed by atoms with Gasteiger partial charge in [0.1, 0.15) is 0 Å². The molecule has 0 radical (unpaired) electrons. The lowest BCUT2D eigenvalue weighted by molar-refractivity contribution is 0.0964. The summed E-state index contributed by atoms with van der Waals surface area (Å²) < 4.78 is 0. The SMILES string of the molecule is CNC(=O)c1cccc(C=N)c1N. The van der Waals surface area contributed by atoms with E-state index < -0.39 is 0 Å². The Morgan fingerprint density at radius 2 is 2.31 bits per heavy atom. The Bertz CT molecular complexity index is 347. The van der Waals surface area contributed by atoms with E-state index in [1.807, 2.05) is 0 Å². The Morgan fingerprint density at radius 3 is 2.85 bits per heavy atom. The van der Waals surface area contributed by atoms with E-state index in [1.165, 1.54) is 0 Å². The van der Waals surface area contributed by atoms with Gasteiger partial charge in [0.15, 0.2) is 0 Å². The van der Waals surface area contributed by atoms with E-state index in [0.717, 1.165) is 6.21 Å². The summed E-state index contributed by atoms with van der Waals surface area (Å²) in [5, 5.41) is 9.52.